The number of ether oxygens (including phenoxy) is 3. The number of aromatic hydroxyl groups is 3. The first-order valence-corrected chi connectivity index (χ1v) is 10.4. The van der Waals surface area contributed by atoms with Crippen molar-refractivity contribution >= 4 is 5.97 Å². The third-order valence-electron chi connectivity index (χ3n) is 6.72. The number of rotatable bonds is 2. The highest BCUT2D eigenvalue weighted by Crippen LogP contribution is 2.46. The Kier molecular flexibility index (Phi) is 4.85. The average Bonchev–Trinajstić information content (AvgIpc) is 2.70. The molecule has 4 rings (SSSR count). The Hall–Kier alpha value is -2.93. The standard InChI is InChI=1S/C24H28O7/c1-10-14(5)29-9-16-17(25)7-18(12(3)19(10)16)30-24(6)8-15-11(2)21(26)13(4)22(27)20(15)23(28)31-24/h7,10,14,25-27H,8-9H2,1-6H3/t10-,14-,24+/m0/s1. The molecule has 31 heavy (non-hydrogen) atoms. The molecule has 2 aliphatic heterocycles. The third kappa shape index (κ3) is 3.19. The van der Waals surface area contributed by atoms with Crippen LogP contribution in [0.25, 0.3) is 0 Å². The summed E-state index contributed by atoms with van der Waals surface area (Å²) in [7, 11) is 0. The van der Waals surface area contributed by atoms with Gasteiger partial charge in [-0.3, -0.25) is 0 Å². The van der Waals surface area contributed by atoms with E-state index in [9.17, 15) is 20.1 Å². The number of esters is 1. The Labute approximate surface area is 181 Å². The van der Waals surface area contributed by atoms with E-state index in [4.69, 9.17) is 14.2 Å². The van der Waals surface area contributed by atoms with Crippen LogP contribution in [0.5, 0.6) is 23.0 Å². The lowest BCUT2D eigenvalue weighted by Crippen LogP contribution is -2.44. The largest absolute Gasteiger partial charge is 0.507 e. The average molecular weight is 428 g/mol. The summed E-state index contributed by atoms with van der Waals surface area (Å²) in [4.78, 5) is 12.8. The molecule has 0 bridgehead atoms. The number of fused-ring (bicyclic) bond motifs is 2. The molecule has 0 spiro atoms. The van der Waals surface area contributed by atoms with E-state index in [1.165, 1.54) is 6.07 Å². The number of carbonyl (C=O) groups excluding carboxylic acids is 1. The van der Waals surface area contributed by atoms with Gasteiger partial charge in [0.15, 0.2) is 0 Å². The summed E-state index contributed by atoms with van der Waals surface area (Å²) in [5.74, 6) is -1.90. The van der Waals surface area contributed by atoms with E-state index in [2.05, 4.69) is 0 Å². The summed E-state index contributed by atoms with van der Waals surface area (Å²) >= 11 is 0. The highest BCUT2D eigenvalue weighted by atomic mass is 16.7. The monoisotopic (exact) mass is 428 g/mol. The van der Waals surface area contributed by atoms with Gasteiger partial charge in [-0.15, -0.1) is 0 Å². The zero-order chi connectivity index (χ0) is 22.8. The minimum Gasteiger partial charge on any atom is -0.507 e. The van der Waals surface area contributed by atoms with E-state index in [1.807, 2.05) is 20.8 Å². The minimum atomic E-state index is -1.38. The van der Waals surface area contributed by atoms with E-state index in [0.29, 0.717) is 23.5 Å². The molecule has 2 aromatic rings. The van der Waals surface area contributed by atoms with Crippen molar-refractivity contribution < 1.29 is 34.3 Å². The van der Waals surface area contributed by atoms with Crippen LogP contribution < -0.4 is 4.74 Å². The van der Waals surface area contributed by atoms with Crippen molar-refractivity contribution in [1.82, 2.24) is 0 Å². The molecule has 166 valence electrons. The van der Waals surface area contributed by atoms with Gasteiger partial charge in [0.25, 0.3) is 5.79 Å². The number of cyclic esters (lactones) is 1. The molecule has 3 N–H and O–H groups in total. The van der Waals surface area contributed by atoms with Crippen molar-refractivity contribution in [3.8, 4) is 23.0 Å². The first-order chi connectivity index (χ1) is 14.4. The smallest absolute Gasteiger partial charge is 0.345 e. The van der Waals surface area contributed by atoms with Gasteiger partial charge in [-0.25, -0.2) is 4.79 Å². The Bertz CT molecular complexity index is 1100. The normalized spacial score (nSPS) is 24.9. The highest BCUT2D eigenvalue weighted by molar-refractivity contribution is 5.97. The summed E-state index contributed by atoms with van der Waals surface area (Å²) in [5.41, 5.74) is 3.84. The zero-order valence-electron chi connectivity index (χ0n) is 18.6. The Morgan fingerprint density at radius 2 is 1.71 bits per heavy atom. The number of benzene rings is 2. The van der Waals surface area contributed by atoms with Crippen molar-refractivity contribution in [2.75, 3.05) is 0 Å². The molecule has 0 amide bonds. The molecule has 0 saturated heterocycles. The van der Waals surface area contributed by atoms with Gasteiger partial charge in [0, 0.05) is 30.0 Å². The molecular formula is C24H28O7. The van der Waals surface area contributed by atoms with Gasteiger partial charge in [-0.05, 0) is 49.9 Å². The molecule has 0 unspecified atom stereocenters. The maximum absolute atomic E-state index is 12.8. The van der Waals surface area contributed by atoms with Gasteiger partial charge in [-0.2, -0.15) is 0 Å². The number of hydrogen-bond acceptors (Lipinski definition) is 7. The second kappa shape index (κ2) is 7.05. The van der Waals surface area contributed by atoms with Gasteiger partial charge >= 0.3 is 5.97 Å². The molecular weight excluding hydrogens is 400 g/mol. The van der Waals surface area contributed by atoms with E-state index >= 15 is 0 Å². The second-order valence-electron chi connectivity index (χ2n) is 8.82. The van der Waals surface area contributed by atoms with E-state index in [0.717, 1.165) is 16.7 Å². The fourth-order valence-corrected chi connectivity index (χ4v) is 4.67. The van der Waals surface area contributed by atoms with Crippen LogP contribution in [-0.4, -0.2) is 33.2 Å². The molecule has 0 aliphatic carbocycles. The van der Waals surface area contributed by atoms with Crippen LogP contribution >= 0.6 is 0 Å². The quantitative estimate of drug-likeness (QED) is 0.614. The minimum absolute atomic E-state index is 0.00679. The molecule has 2 heterocycles. The van der Waals surface area contributed by atoms with Crippen molar-refractivity contribution in [1.29, 1.82) is 0 Å². The number of phenolic OH excluding ortho intramolecular Hbond substituents is 3. The van der Waals surface area contributed by atoms with Gasteiger partial charge in [0.05, 0.1) is 19.1 Å². The lowest BCUT2D eigenvalue weighted by Gasteiger charge is -2.37. The second-order valence-corrected chi connectivity index (χ2v) is 8.82. The van der Waals surface area contributed by atoms with E-state index < -0.39 is 11.8 Å². The Morgan fingerprint density at radius 1 is 1.03 bits per heavy atom. The molecule has 2 aliphatic rings. The molecule has 3 atom stereocenters. The van der Waals surface area contributed by atoms with Crippen LogP contribution in [0.3, 0.4) is 0 Å². The van der Waals surface area contributed by atoms with Crippen LogP contribution in [0.15, 0.2) is 6.07 Å². The molecule has 7 nitrogen and oxygen atoms in total. The molecule has 7 heteroatoms. The van der Waals surface area contributed by atoms with E-state index in [1.54, 1.807) is 20.8 Å². The van der Waals surface area contributed by atoms with Crippen LogP contribution in [0, 0.1) is 20.8 Å². The van der Waals surface area contributed by atoms with Crippen LogP contribution in [0.1, 0.15) is 70.4 Å². The van der Waals surface area contributed by atoms with Gasteiger partial charge in [-0.1, -0.05) is 6.92 Å². The van der Waals surface area contributed by atoms with Crippen LogP contribution in [0.4, 0.5) is 0 Å². The first-order valence-electron chi connectivity index (χ1n) is 10.4. The van der Waals surface area contributed by atoms with Gasteiger partial charge in [0.1, 0.15) is 28.6 Å². The highest BCUT2D eigenvalue weighted by Gasteiger charge is 2.43. The maximum atomic E-state index is 12.8. The molecule has 0 aromatic heterocycles. The molecule has 2 aromatic carbocycles. The lowest BCUT2D eigenvalue weighted by molar-refractivity contribution is -0.135. The Balaban J connectivity index is 1.77. The first kappa shape index (κ1) is 21.3. The molecule has 0 saturated carbocycles. The predicted molar refractivity (Wildman–Crippen MR) is 113 cm³/mol. The summed E-state index contributed by atoms with van der Waals surface area (Å²) in [6, 6.07) is 1.52. The van der Waals surface area contributed by atoms with Gasteiger partial charge < -0.3 is 29.5 Å². The van der Waals surface area contributed by atoms with E-state index in [-0.39, 0.29) is 46.8 Å². The fourth-order valence-electron chi connectivity index (χ4n) is 4.67. The number of phenols is 3. The summed E-state index contributed by atoms with van der Waals surface area (Å²) < 4.78 is 17.5. The van der Waals surface area contributed by atoms with Crippen molar-refractivity contribution in [2.24, 2.45) is 0 Å². The van der Waals surface area contributed by atoms with Crippen molar-refractivity contribution in [3.05, 3.63) is 45.0 Å². The third-order valence-corrected chi connectivity index (χ3v) is 6.72. The fraction of sp³-hybridized carbons (Fsp3) is 0.458. The topological polar surface area (TPSA) is 105 Å². The summed E-state index contributed by atoms with van der Waals surface area (Å²) in [5, 5.41) is 31.4. The molecule has 0 radical (unpaired) electrons. The van der Waals surface area contributed by atoms with Crippen LogP contribution in [0.2, 0.25) is 0 Å². The van der Waals surface area contributed by atoms with Crippen LogP contribution in [-0.2, 0) is 22.5 Å². The summed E-state index contributed by atoms with van der Waals surface area (Å²) in [6.45, 7) is 11.1. The Morgan fingerprint density at radius 3 is 2.39 bits per heavy atom. The lowest BCUT2D eigenvalue weighted by atomic mass is 9.85. The van der Waals surface area contributed by atoms with Crippen molar-refractivity contribution in [2.45, 2.75) is 72.4 Å². The maximum Gasteiger partial charge on any atom is 0.345 e. The molecule has 0 fully saturated rings. The SMILES string of the molecule is Cc1c(O)c(C)c2c(c1O)C(=O)O[C@@](C)(Oc1cc(O)c3c(c1C)[C@@H](C)[C@H](C)OC3)C2. The van der Waals surface area contributed by atoms with Gasteiger partial charge in [0.2, 0.25) is 0 Å². The zero-order valence-corrected chi connectivity index (χ0v) is 18.6. The number of hydrogen-bond donors (Lipinski definition) is 3. The predicted octanol–water partition coefficient (Wildman–Crippen LogP) is 4.26. The summed E-state index contributed by atoms with van der Waals surface area (Å²) in [6.07, 6.45) is 0.126. The van der Waals surface area contributed by atoms with Crippen molar-refractivity contribution in [3.63, 3.8) is 0 Å². The number of carbonyl (C=O) groups is 1.